The molecule has 8 heteroatoms. The fraction of sp³-hybridized carbons (Fsp3) is 0.296. The summed E-state index contributed by atoms with van der Waals surface area (Å²) in [7, 11) is -3.91. The number of hydrogen-bond acceptors (Lipinski definition) is 4. The highest BCUT2D eigenvalue weighted by molar-refractivity contribution is 7.98. The first-order valence-electron chi connectivity index (χ1n) is 11.4. The first-order chi connectivity index (χ1) is 16.7. The van der Waals surface area contributed by atoms with Crippen LogP contribution in [0, 0.1) is 20.8 Å². The summed E-state index contributed by atoms with van der Waals surface area (Å²) >= 11 is 7.93. The largest absolute Gasteiger partial charge is 0.354 e. The van der Waals surface area contributed by atoms with Gasteiger partial charge in [0.15, 0.2) is 0 Å². The number of thioether (sulfide) groups is 1. The predicted octanol–water partition coefficient (Wildman–Crippen LogP) is 5.90. The number of halogens is 1. The number of carbonyl (C=O) groups excluding carboxylic acids is 1. The van der Waals surface area contributed by atoms with Gasteiger partial charge in [-0.05, 0) is 80.0 Å². The standard InChI is InChI=1S/C27H31ClN2O3S2/c1-20-9-13-25(14-10-20)35(32,33)30(24-12-11-21(2)22(3)17-24)18-27(31)29-15-6-16-34-19-23-7-4-5-8-26(23)28/h4-5,7-14,17H,6,15-16,18-19H2,1-3H3,(H,29,31). The molecule has 0 saturated carbocycles. The molecule has 0 saturated heterocycles. The molecular weight excluding hydrogens is 500 g/mol. The minimum absolute atomic E-state index is 0.158. The second kappa shape index (κ2) is 12.5. The number of sulfonamides is 1. The van der Waals surface area contributed by atoms with Gasteiger partial charge >= 0.3 is 0 Å². The third kappa shape index (κ3) is 7.50. The number of carbonyl (C=O) groups is 1. The Labute approximate surface area is 217 Å². The van der Waals surface area contributed by atoms with E-state index in [2.05, 4.69) is 5.32 Å². The summed E-state index contributed by atoms with van der Waals surface area (Å²) in [5.74, 6) is 1.33. The van der Waals surface area contributed by atoms with Crippen LogP contribution in [0.5, 0.6) is 0 Å². The van der Waals surface area contributed by atoms with Crippen LogP contribution in [0.25, 0.3) is 0 Å². The Kier molecular flexibility index (Phi) is 9.66. The second-order valence-corrected chi connectivity index (χ2v) is 11.8. The maximum Gasteiger partial charge on any atom is 0.264 e. The highest BCUT2D eigenvalue weighted by atomic mass is 35.5. The summed E-state index contributed by atoms with van der Waals surface area (Å²) in [6, 6.07) is 19.8. The average molecular weight is 531 g/mol. The van der Waals surface area contributed by atoms with Gasteiger partial charge in [0, 0.05) is 17.3 Å². The van der Waals surface area contributed by atoms with Gasteiger partial charge in [-0.3, -0.25) is 9.10 Å². The SMILES string of the molecule is Cc1ccc(S(=O)(=O)N(CC(=O)NCCCSCc2ccccc2Cl)c2ccc(C)c(C)c2)cc1. The van der Waals surface area contributed by atoms with E-state index in [4.69, 9.17) is 11.6 Å². The summed E-state index contributed by atoms with van der Waals surface area (Å²) in [6.45, 7) is 5.98. The van der Waals surface area contributed by atoms with E-state index >= 15 is 0 Å². The molecule has 3 aromatic carbocycles. The van der Waals surface area contributed by atoms with E-state index in [1.807, 2.05) is 51.1 Å². The molecule has 0 unspecified atom stereocenters. The van der Waals surface area contributed by atoms with E-state index < -0.39 is 10.0 Å². The van der Waals surface area contributed by atoms with Gasteiger partial charge in [-0.2, -0.15) is 11.8 Å². The average Bonchev–Trinajstić information content (AvgIpc) is 2.83. The first kappa shape index (κ1) is 27.1. The van der Waals surface area contributed by atoms with Crippen molar-refractivity contribution < 1.29 is 13.2 Å². The molecule has 0 heterocycles. The lowest BCUT2D eigenvalue weighted by molar-refractivity contribution is -0.119. The van der Waals surface area contributed by atoms with Gasteiger partial charge in [0.2, 0.25) is 5.91 Å². The topological polar surface area (TPSA) is 66.5 Å². The lowest BCUT2D eigenvalue weighted by atomic mass is 10.1. The first-order valence-corrected chi connectivity index (χ1v) is 14.4. The molecule has 1 N–H and O–H groups in total. The van der Waals surface area contributed by atoms with Crippen molar-refractivity contribution in [1.29, 1.82) is 0 Å². The number of amides is 1. The van der Waals surface area contributed by atoms with Crippen LogP contribution >= 0.6 is 23.4 Å². The van der Waals surface area contributed by atoms with Crippen molar-refractivity contribution in [2.24, 2.45) is 0 Å². The molecular formula is C27H31ClN2O3S2. The minimum atomic E-state index is -3.91. The zero-order chi connectivity index (χ0) is 25.4. The van der Waals surface area contributed by atoms with Gasteiger partial charge in [-0.25, -0.2) is 8.42 Å². The smallest absolute Gasteiger partial charge is 0.264 e. The Balaban J connectivity index is 1.62. The van der Waals surface area contributed by atoms with Gasteiger partial charge in [-0.15, -0.1) is 0 Å². The van der Waals surface area contributed by atoms with Gasteiger partial charge in [0.1, 0.15) is 6.54 Å². The fourth-order valence-electron chi connectivity index (χ4n) is 3.42. The van der Waals surface area contributed by atoms with E-state index in [9.17, 15) is 13.2 Å². The van der Waals surface area contributed by atoms with Gasteiger partial charge in [-0.1, -0.05) is 53.6 Å². The highest BCUT2D eigenvalue weighted by Crippen LogP contribution is 2.26. The van der Waals surface area contributed by atoms with E-state index in [-0.39, 0.29) is 17.3 Å². The van der Waals surface area contributed by atoms with Crippen molar-refractivity contribution in [3.05, 3.63) is 94.0 Å². The molecule has 0 bridgehead atoms. The Hall–Kier alpha value is -2.48. The zero-order valence-corrected chi connectivity index (χ0v) is 22.6. The van der Waals surface area contributed by atoms with Gasteiger partial charge in [0.05, 0.1) is 10.6 Å². The van der Waals surface area contributed by atoms with E-state index in [1.54, 1.807) is 48.2 Å². The van der Waals surface area contributed by atoms with Crippen LogP contribution in [0.2, 0.25) is 5.02 Å². The van der Waals surface area contributed by atoms with Crippen LogP contribution in [-0.4, -0.2) is 33.2 Å². The number of benzene rings is 3. The van der Waals surface area contributed by atoms with E-state index in [0.717, 1.165) is 45.2 Å². The van der Waals surface area contributed by atoms with Crippen molar-refractivity contribution in [3.63, 3.8) is 0 Å². The summed E-state index contributed by atoms with van der Waals surface area (Å²) < 4.78 is 28.2. The lowest BCUT2D eigenvalue weighted by Crippen LogP contribution is -2.41. The molecule has 3 aromatic rings. The Morgan fingerprint density at radius 3 is 2.37 bits per heavy atom. The quantitative estimate of drug-likeness (QED) is 0.313. The van der Waals surface area contributed by atoms with Crippen LogP contribution < -0.4 is 9.62 Å². The molecule has 3 rings (SSSR count). The van der Waals surface area contributed by atoms with Crippen molar-refractivity contribution >= 4 is 45.0 Å². The molecule has 0 aromatic heterocycles. The molecule has 35 heavy (non-hydrogen) atoms. The number of anilines is 1. The van der Waals surface area contributed by atoms with Crippen LogP contribution in [0.1, 0.15) is 28.7 Å². The zero-order valence-electron chi connectivity index (χ0n) is 20.3. The Bertz CT molecular complexity index is 1260. The summed E-state index contributed by atoms with van der Waals surface area (Å²) in [5, 5.41) is 3.63. The van der Waals surface area contributed by atoms with Gasteiger partial charge in [0.25, 0.3) is 10.0 Å². The summed E-state index contributed by atoms with van der Waals surface area (Å²) in [6.07, 6.45) is 0.773. The molecule has 0 radical (unpaired) electrons. The molecule has 0 aliphatic heterocycles. The summed E-state index contributed by atoms with van der Waals surface area (Å²) in [4.78, 5) is 12.9. The van der Waals surface area contributed by atoms with Crippen molar-refractivity contribution in [1.82, 2.24) is 5.32 Å². The van der Waals surface area contributed by atoms with Crippen LogP contribution in [-0.2, 0) is 20.6 Å². The van der Waals surface area contributed by atoms with Gasteiger partial charge < -0.3 is 5.32 Å². The van der Waals surface area contributed by atoms with E-state index in [0.29, 0.717) is 12.2 Å². The molecule has 0 aliphatic carbocycles. The molecule has 0 aliphatic rings. The maximum absolute atomic E-state index is 13.5. The molecule has 1 amide bonds. The minimum Gasteiger partial charge on any atom is -0.354 e. The summed E-state index contributed by atoms with van der Waals surface area (Å²) in [5.41, 5.74) is 4.54. The number of hydrogen-bond donors (Lipinski definition) is 1. The maximum atomic E-state index is 13.5. The molecule has 5 nitrogen and oxygen atoms in total. The monoisotopic (exact) mass is 530 g/mol. The van der Waals surface area contributed by atoms with Crippen molar-refractivity contribution in [3.8, 4) is 0 Å². The predicted molar refractivity (Wildman–Crippen MR) is 147 cm³/mol. The number of aryl methyl sites for hydroxylation is 3. The Morgan fingerprint density at radius 2 is 1.69 bits per heavy atom. The third-order valence-electron chi connectivity index (χ3n) is 5.68. The number of rotatable bonds is 11. The fourth-order valence-corrected chi connectivity index (χ4v) is 6.08. The van der Waals surface area contributed by atoms with Crippen LogP contribution in [0.15, 0.2) is 71.6 Å². The van der Waals surface area contributed by atoms with Crippen LogP contribution in [0.3, 0.4) is 0 Å². The highest BCUT2D eigenvalue weighted by Gasteiger charge is 2.27. The molecule has 0 fully saturated rings. The number of nitrogens with one attached hydrogen (secondary N) is 1. The van der Waals surface area contributed by atoms with Crippen LogP contribution in [0.4, 0.5) is 5.69 Å². The Morgan fingerprint density at radius 1 is 0.971 bits per heavy atom. The van der Waals surface area contributed by atoms with Crippen molar-refractivity contribution in [2.75, 3.05) is 23.1 Å². The number of nitrogens with zero attached hydrogens (tertiary/aromatic N) is 1. The molecule has 0 spiro atoms. The normalized spacial score (nSPS) is 11.3. The second-order valence-electron chi connectivity index (χ2n) is 8.44. The van der Waals surface area contributed by atoms with Crippen molar-refractivity contribution in [2.45, 2.75) is 37.8 Å². The molecule has 0 atom stereocenters. The third-order valence-corrected chi connectivity index (χ3v) is 8.93. The van der Waals surface area contributed by atoms with E-state index in [1.165, 1.54) is 4.31 Å². The molecule has 186 valence electrons. The lowest BCUT2D eigenvalue weighted by Gasteiger charge is -2.25.